The molecule has 0 fully saturated rings. The summed E-state index contributed by atoms with van der Waals surface area (Å²) in [5.74, 6) is 5.51. The molecule has 3 N–H and O–H groups in total. The lowest BCUT2D eigenvalue weighted by molar-refractivity contribution is 0.0116. The number of hydrogen-bond acceptors (Lipinski definition) is 4. The summed E-state index contributed by atoms with van der Waals surface area (Å²) in [7, 11) is 1.70. The van der Waals surface area contributed by atoms with Gasteiger partial charge in [-0.2, -0.15) is 0 Å². The molecule has 0 aliphatic rings. The molecule has 0 radical (unpaired) electrons. The van der Waals surface area contributed by atoms with E-state index in [1.54, 1.807) is 13.4 Å². The molecule has 5 heteroatoms. The number of nitrogens with two attached hydrogens (primary N) is 1. The van der Waals surface area contributed by atoms with Gasteiger partial charge in [-0.15, -0.1) is 0 Å². The third kappa shape index (κ3) is 3.49. The van der Waals surface area contributed by atoms with Crippen LogP contribution in [-0.4, -0.2) is 12.7 Å². The molecule has 1 heterocycles. The summed E-state index contributed by atoms with van der Waals surface area (Å²) in [4.78, 5) is 0. The number of nitrogens with one attached hydrogen (secondary N) is 1. The SMILES string of the molecule is COC(C)(C)CCC(NN)c1ccoc1Cl. The number of hydrazine groups is 1. The molecule has 0 spiro atoms. The van der Waals surface area contributed by atoms with E-state index in [1.807, 2.05) is 19.9 Å². The Kier molecular flexibility index (Phi) is 4.80. The maximum absolute atomic E-state index is 5.90. The van der Waals surface area contributed by atoms with Crippen LogP contribution in [0.25, 0.3) is 0 Å². The van der Waals surface area contributed by atoms with Gasteiger partial charge in [-0.05, 0) is 44.4 Å². The van der Waals surface area contributed by atoms with Crippen molar-refractivity contribution in [3.8, 4) is 0 Å². The van der Waals surface area contributed by atoms with E-state index in [2.05, 4.69) is 5.43 Å². The van der Waals surface area contributed by atoms with Crippen LogP contribution in [0.5, 0.6) is 0 Å². The van der Waals surface area contributed by atoms with Crippen LogP contribution < -0.4 is 11.3 Å². The zero-order valence-electron chi connectivity index (χ0n) is 9.92. The fourth-order valence-electron chi connectivity index (χ4n) is 1.48. The van der Waals surface area contributed by atoms with Crippen LogP contribution in [0.4, 0.5) is 0 Å². The van der Waals surface area contributed by atoms with Gasteiger partial charge in [-0.3, -0.25) is 11.3 Å². The second-order valence-corrected chi connectivity index (χ2v) is 4.71. The van der Waals surface area contributed by atoms with Crippen molar-refractivity contribution in [2.45, 2.75) is 38.3 Å². The largest absolute Gasteiger partial charge is 0.453 e. The van der Waals surface area contributed by atoms with Crippen molar-refractivity contribution in [3.05, 3.63) is 23.1 Å². The van der Waals surface area contributed by atoms with Gasteiger partial charge < -0.3 is 9.15 Å². The smallest absolute Gasteiger partial charge is 0.197 e. The predicted molar refractivity (Wildman–Crippen MR) is 64.1 cm³/mol. The average Bonchev–Trinajstić information content (AvgIpc) is 2.66. The molecule has 92 valence electrons. The molecule has 0 aliphatic heterocycles. The minimum atomic E-state index is -0.161. The van der Waals surface area contributed by atoms with Gasteiger partial charge in [0, 0.05) is 12.7 Å². The first kappa shape index (κ1) is 13.5. The van der Waals surface area contributed by atoms with E-state index in [9.17, 15) is 0 Å². The molecule has 1 aromatic heterocycles. The summed E-state index contributed by atoms with van der Waals surface area (Å²) >= 11 is 5.90. The van der Waals surface area contributed by atoms with E-state index in [-0.39, 0.29) is 11.6 Å². The second-order valence-electron chi connectivity index (χ2n) is 4.37. The number of hydrogen-bond donors (Lipinski definition) is 2. The minimum Gasteiger partial charge on any atom is -0.453 e. The van der Waals surface area contributed by atoms with E-state index in [1.165, 1.54) is 0 Å². The second kappa shape index (κ2) is 5.68. The van der Waals surface area contributed by atoms with Crippen molar-refractivity contribution < 1.29 is 9.15 Å². The highest BCUT2D eigenvalue weighted by molar-refractivity contribution is 6.29. The lowest BCUT2D eigenvalue weighted by atomic mass is 9.96. The van der Waals surface area contributed by atoms with Crippen LogP contribution in [0.1, 0.15) is 38.3 Å². The molecular weight excluding hydrogens is 228 g/mol. The first-order chi connectivity index (χ1) is 7.50. The van der Waals surface area contributed by atoms with E-state index in [0.29, 0.717) is 5.22 Å². The highest BCUT2D eigenvalue weighted by Crippen LogP contribution is 2.29. The van der Waals surface area contributed by atoms with Crippen molar-refractivity contribution >= 4 is 11.6 Å². The summed E-state index contributed by atoms with van der Waals surface area (Å²) in [5.41, 5.74) is 3.47. The van der Waals surface area contributed by atoms with E-state index in [0.717, 1.165) is 18.4 Å². The molecule has 0 amide bonds. The molecule has 0 aliphatic carbocycles. The molecule has 0 aromatic carbocycles. The quantitative estimate of drug-likeness (QED) is 0.598. The molecule has 0 saturated heterocycles. The van der Waals surface area contributed by atoms with Gasteiger partial charge >= 0.3 is 0 Å². The van der Waals surface area contributed by atoms with Gasteiger partial charge in [0.2, 0.25) is 0 Å². The fraction of sp³-hybridized carbons (Fsp3) is 0.636. The highest BCUT2D eigenvalue weighted by atomic mass is 35.5. The van der Waals surface area contributed by atoms with Gasteiger partial charge in [0.15, 0.2) is 5.22 Å². The summed E-state index contributed by atoms with van der Waals surface area (Å²) in [5, 5.41) is 0.387. The number of furan rings is 1. The Balaban J connectivity index is 2.60. The lowest BCUT2D eigenvalue weighted by Gasteiger charge is -2.25. The Hall–Kier alpha value is -0.550. The third-order valence-electron chi connectivity index (χ3n) is 2.81. The van der Waals surface area contributed by atoms with Gasteiger partial charge in [-0.1, -0.05) is 0 Å². The molecular formula is C11H19ClN2O2. The fourth-order valence-corrected chi connectivity index (χ4v) is 1.72. The molecule has 1 rings (SSSR count). The zero-order chi connectivity index (χ0) is 12.2. The molecule has 0 saturated carbocycles. The summed E-state index contributed by atoms with van der Waals surface area (Å²) < 4.78 is 10.4. The van der Waals surface area contributed by atoms with Crippen LogP contribution in [0.15, 0.2) is 16.7 Å². The van der Waals surface area contributed by atoms with Crippen molar-refractivity contribution in [1.29, 1.82) is 0 Å². The first-order valence-electron chi connectivity index (χ1n) is 5.24. The predicted octanol–water partition coefficient (Wildman–Crippen LogP) is 2.64. The molecule has 1 atom stereocenters. The van der Waals surface area contributed by atoms with Crippen molar-refractivity contribution in [1.82, 2.24) is 5.43 Å². The van der Waals surface area contributed by atoms with E-state index in [4.69, 9.17) is 26.6 Å². The van der Waals surface area contributed by atoms with Gasteiger partial charge in [-0.25, -0.2) is 0 Å². The van der Waals surface area contributed by atoms with E-state index >= 15 is 0 Å². The number of rotatable bonds is 6. The Morgan fingerprint density at radius 1 is 1.62 bits per heavy atom. The normalized spacial score (nSPS) is 14.1. The van der Waals surface area contributed by atoms with Crippen LogP contribution in [0, 0.1) is 0 Å². The Labute approximate surface area is 101 Å². The Morgan fingerprint density at radius 3 is 2.75 bits per heavy atom. The number of methoxy groups -OCH3 is 1. The van der Waals surface area contributed by atoms with Crippen LogP contribution in [0.3, 0.4) is 0 Å². The van der Waals surface area contributed by atoms with Crippen molar-refractivity contribution in [2.24, 2.45) is 5.84 Å². The van der Waals surface area contributed by atoms with E-state index < -0.39 is 0 Å². The van der Waals surface area contributed by atoms with Crippen LogP contribution in [0.2, 0.25) is 5.22 Å². The standard InChI is InChI=1S/C11H19ClN2O2/c1-11(2,15-3)6-4-9(14-13)8-5-7-16-10(8)12/h5,7,9,14H,4,6,13H2,1-3H3. The van der Waals surface area contributed by atoms with Gasteiger partial charge in [0.25, 0.3) is 0 Å². The Bertz CT molecular complexity index is 326. The summed E-state index contributed by atoms with van der Waals surface area (Å²) in [6.45, 7) is 4.08. The summed E-state index contributed by atoms with van der Waals surface area (Å²) in [6.07, 6.45) is 3.26. The van der Waals surface area contributed by atoms with Crippen molar-refractivity contribution in [3.63, 3.8) is 0 Å². The number of ether oxygens (including phenoxy) is 1. The molecule has 1 unspecified atom stereocenters. The Morgan fingerprint density at radius 2 is 2.31 bits per heavy atom. The monoisotopic (exact) mass is 246 g/mol. The molecule has 16 heavy (non-hydrogen) atoms. The maximum Gasteiger partial charge on any atom is 0.197 e. The highest BCUT2D eigenvalue weighted by Gasteiger charge is 2.21. The molecule has 0 bridgehead atoms. The lowest BCUT2D eigenvalue weighted by Crippen LogP contribution is -2.31. The van der Waals surface area contributed by atoms with Gasteiger partial charge in [0.1, 0.15) is 0 Å². The molecule has 4 nitrogen and oxygen atoms in total. The third-order valence-corrected chi connectivity index (χ3v) is 3.12. The summed E-state index contributed by atoms with van der Waals surface area (Å²) in [6, 6.07) is 1.81. The van der Waals surface area contributed by atoms with Gasteiger partial charge in [0.05, 0.1) is 17.9 Å². The zero-order valence-corrected chi connectivity index (χ0v) is 10.7. The first-order valence-corrected chi connectivity index (χ1v) is 5.62. The van der Waals surface area contributed by atoms with Crippen LogP contribution >= 0.6 is 11.6 Å². The van der Waals surface area contributed by atoms with Crippen LogP contribution in [-0.2, 0) is 4.74 Å². The topological polar surface area (TPSA) is 60.4 Å². The minimum absolute atomic E-state index is 0.0133. The maximum atomic E-state index is 5.90. The number of halogens is 1. The molecule has 1 aromatic rings. The average molecular weight is 247 g/mol. The van der Waals surface area contributed by atoms with Crippen molar-refractivity contribution in [2.75, 3.05) is 7.11 Å².